The SMILES string of the molecule is CC(C)(CCC#N)CNc1ccc([N+](=O)[O-])c(F)c1. The second-order valence-corrected chi connectivity index (χ2v) is 5.10. The van der Waals surface area contributed by atoms with Gasteiger partial charge in [0.25, 0.3) is 0 Å². The maximum absolute atomic E-state index is 13.4. The summed E-state index contributed by atoms with van der Waals surface area (Å²) in [6.45, 7) is 4.56. The molecule has 0 radical (unpaired) electrons. The van der Waals surface area contributed by atoms with Crippen LogP contribution in [0.15, 0.2) is 18.2 Å². The van der Waals surface area contributed by atoms with E-state index in [2.05, 4.69) is 11.4 Å². The molecule has 0 aliphatic carbocycles. The lowest BCUT2D eigenvalue weighted by Gasteiger charge is -2.24. The molecule has 0 aliphatic rings. The van der Waals surface area contributed by atoms with Crippen LogP contribution in [-0.2, 0) is 0 Å². The van der Waals surface area contributed by atoms with Crippen molar-refractivity contribution in [3.8, 4) is 6.07 Å². The summed E-state index contributed by atoms with van der Waals surface area (Å²) in [5.74, 6) is -0.857. The van der Waals surface area contributed by atoms with Gasteiger partial charge < -0.3 is 5.32 Å². The third-order valence-corrected chi connectivity index (χ3v) is 2.83. The van der Waals surface area contributed by atoms with Crippen molar-refractivity contribution in [3.05, 3.63) is 34.1 Å². The molecule has 1 N–H and O–H groups in total. The second kappa shape index (κ2) is 6.14. The minimum absolute atomic E-state index is 0.103. The summed E-state index contributed by atoms with van der Waals surface area (Å²) in [6.07, 6.45) is 1.19. The normalized spacial score (nSPS) is 10.8. The number of nitro groups is 1. The molecule has 0 atom stereocenters. The number of rotatable bonds is 6. The predicted octanol–water partition coefficient (Wildman–Crippen LogP) is 3.48. The van der Waals surface area contributed by atoms with Gasteiger partial charge in [-0.2, -0.15) is 9.65 Å². The molecular formula is C13H16FN3O2. The van der Waals surface area contributed by atoms with Crippen LogP contribution in [0.1, 0.15) is 26.7 Å². The van der Waals surface area contributed by atoms with Gasteiger partial charge in [0.05, 0.1) is 11.0 Å². The van der Waals surface area contributed by atoms with Crippen molar-refractivity contribution >= 4 is 11.4 Å². The van der Waals surface area contributed by atoms with E-state index >= 15 is 0 Å². The summed E-state index contributed by atoms with van der Waals surface area (Å²) in [5, 5.41) is 22.1. The summed E-state index contributed by atoms with van der Waals surface area (Å²) in [7, 11) is 0. The maximum Gasteiger partial charge on any atom is 0.304 e. The van der Waals surface area contributed by atoms with Crippen molar-refractivity contribution in [2.24, 2.45) is 5.41 Å². The number of benzene rings is 1. The van der Waals surface area contributed by atoms with Gasteiger partial charge in [-0.1, -0.05) is 13.8 Å². The number of hydrogen-bond donors (Lipinski definition) is 1. The fraction of sp³-hybridized carbons (Fsp3) is 0.462. The number of nitrogens with one attached hydrogen (secondary N) is 1. The number of hydrogen-bond acceptors (Lipinski definition) is 4. The van der Waals surface area contributed by atoms with E-state index in [1.807, 2.05) is 13.8 Å². The van der Waals surface area contributed by atoms with E-state index in [4.69, 9.17) is 5.26 Å². The van der Waals surface area contributed by atoms with Crippen molar-refractivity contribution < 1.29 is 9.31 Å². The van der Waals surface area contributed by atoms with Crippen molar-refractivity contribution in [3.63, 3.8) is 0 Å². The molecule has 6 heteroatoms. The van der Waals surface area contributed by atoms with E-state index in [1.54, 1.807) is 0 Å². The summed E-state index contributed by atoms with van der Waals surface area (Å²) < 4.78 is 13.4. The van der Waals surface area contributed by atoms with Crippen molar-refractivity contribution in [1.29, 1.82) is 5.26 Å². The van der Waals surface area contributed by atoms with Gasteiger partial charge >= 0.3 is 5.69 Å². The zero-order chi connectivity index (χ0) is 14.5. The predicted molar refractivity (Wildman–Crippen MR) is 70.2 cm³/mol. The molecular weight excluding hydrogens is 249 g/mol. The lowest BCUT2D eigenvalue weighted by molar-refractivity contribution is -0.387. The van der Waals surface area contributed by atoms with Crippen LogP contribution in [0.4, 0.5) is 15.8 Å². The summed E-state index contributed by atoms with van der Waals surface area (Å²) in [6, 6.07) is 5.81. The Morgan fingerprint density at radius 2 is 2.21 bits per heavy atom. The molecule has 0 saturated carbocycles. The minimum Gasteiger partial charge on any atom is -0.384 e. The van der Waals surface area contributed by atoms with Gasteiger partial charge in [-0.25, -0.2) is 0 Å². The van der Waals surface area contributed by atoms with Crippen molar-refractivity contribution in [1.82, 2.24) is 0 Å². The fourth-order valence-corrected chi connectivity index (χ4v) is 1.59. The van der Waals surface area contributed by atoms with E-state index in [-0.39, 0.29) is 5.41 Å². The minimum atomic E-state index is -0.857. The van der Waals surface area contributed by atoms with Gasteiger partial charge in [-0.3, -0.25) is 10.1 Å². The highest BCUT2D eigenvalue weighted by molar-refractivity contribution is 5.49. The van der Waals surface area contributed by atoms with Gasteiger partial charge in [-0.15, -0.1) is 0 Å². The average Bonchev–Trinajstić information content (AvgIpc) is 2.34. The highest BCUT2D eigenvalue weighted by atomic mass is 19.1. The molecule has 0 spiro atoms. The van der Waals surface area contributed by atoms with E-state index in [1.165, 1.54) is 6.07 Å². The number of anilines is 1. The maximum atomic E-state index is 13.4. The van der Waals surface area contributed by atoms with E-state index in [0.29, 0.717) is 18.7 Å². The first-order valence-corrected chi connectivity index (χ1v) is 5.90. The Labute approximate surface area is 111 Å². The van der Waals surface area contributed by atoms with Gasteiger partial charge in [0.15, 0.2) is 0 Å². The standard InChI is InChI=1S/C13H16FN3O2/c1-13(2,6-3-7-15)9-16-10-4-5-12(17(18)19)11(14)8-10/h4-5,8,16H,3,6,9H2,1-2H3. The van der Waals surface area contributed by atoms with Gasteiger partial charge in [0, 0.05) is 30.8 Å². The lowest BCUT2D eigenvalue weighted by atomic mass is 9.88. The van der Waals surface area contributed by atoms with Crippen molar-refractivity contribution in [2.45, 2.75) is 26.7 Å². The highest BCUT2D eigenvalue weighted by Crippen LogP contribution is 2.25. The smallest absolute Gasteiger partial charge is 0.304 e. The Morgan fingerprint density at radius 1 is 1.53 bits per heavy atom. The number of nitriles is 1. The molecule has 0 aromatic heterocycles. The summed E-state index contributed by atoms with van der Waals surface area (Å²) >= 11 is 0. The number of nitro benzene ring substituents is 1. The Morgan fingerprint density at radius 3 is 2.74 bits per heavy atom. The van der Waals surface area contributed by atoms with Crippen LogP contribution in [0, 0.1) is 32.7 Å². The fourth-order valence-electron chi connectivity index (χ4n) is 1.59. The number of halogens is 1. The van der Waals surface area contributed by atoms with Crippen LogP contribution in [0.3, 0.4) is 0 Å². The van der Waals surface area contributed by atoms with Gasteiger partial charge in [-0.05, 0) is 17.9 Å². The Hall–Kier alpha value is -2.16. The van der Waals surface area contributed by atoms with Crippen LogP contribution in [0.5, 0.6) is 0 Å². The molecule has 19 heavy (non-hydrogen) atoms. The van der Waals surface area contributed by atoms with E-state index < -0.39 is 16.4 Å². The van der Waals surface area contributed by atoms with Crippen molar-refractivity contribution in [2.75, 3.05) is 11.9 Å². The zero-order valence-electron chi connectivity index (χ0n) is 10.9. The van der Waals surface area contributed by atoms with Crippen LogP contribution < -0.4 is 5.32 Å². The third-order valence-electron chi connectivity index (χ3n) is 2.83. The molecule has 5 nitrogen and oxygen atoms in total. The zero-order valence-corrected chi connectivity index (χ0v) is 10.9. The molecule has 0 bridgehead atoms. The monoisotopic (exact) mass is 265 g/mol. The van der Waals surface area contributed by atoms with Crippen LogP contribution in [0.2, 0.25) is 0 Å². The van der Waals surface area contributed by atoms with Crippen LogP contribution in [0.25, 0.3) is 0 Å². The van der Waals surface area contributed by atoms with Crippen LogP contribution >= 0.6 is 0 Å². The molecule has 0 heterocycles. The summed E-state index contributed by atoms with van der Waals surface area (Å²) in [5.41, 5.74) is -0.143. The molecule has 0 amide bonds. The topological polar surface area (TPSA) is 79.0 Å². The first-order valence-electron chi connectivity index (χ1n) is 5.90. The molecule has 0 fully saturated rings. The van der Waals surface area contributed by atoms with E-state index in [9.17, 15) is 14.5 Å². The second-order valence-electron chi connectivity index (χ2n) is 5.10. The Kier molecular flexibility index (Phi) is 4.81. The average molecular weight is 265 g/mol. The summed E-state index contributed by atoms with van der Waals surface area (Å²) in [4.78, 5) is 9.73. The molecule has 0 aliphatic heterocycles. The first-order chi connectivity index (χ1) is 8.85. The van der Waals surface area contributed by atoms with Crippen LogP contribution in [-0.4, -0.2) is 11.5 Å². The molecule has 1 aromatic rings. The Balaban J connectivity index is 2.66. The molecule has 0 saturated heterocycles. The largest absolute Gasteiger partial charge is 0.384 e. The van der Waals surface area contributed by atoms with Gasteiger partial charge in [0.1, 0.15) is 0 Å². The molecule has 1 aromatic carbocycles. The third kappa shape index (κ3) is 4.54. The molecule has 102 valence electrons. The number of nitrogens with zero attached hydrogens (tertiary/aromatic N) is 2. The lowest BCUT2D eigenvalue weighted by Crippen LogP contribution is -2.22. The first kappa shape index (κ1) is 14.9. The molecule has 1 rings (SSSR count). The quantitative estimate of drug-likeness (QED) is 0.630. The van der Waals surface area contributed by atoms with Gasteiger partial charge in [0.2, 0.25) is 5.82 Å². The van der Waals surface area contributed by atoms with E-state index in [0.717, 1.165) is 18.6 Å². The highest BCUT2D eigenvalue weighted by Gasteiger charge is 2.18. The Bertz CT molecular complexity index is 509. The molecule has 0 unspecified atom stereocenters.